The zero-order valence-electron chi connectivity index (χ0n) is 13.9. The molecule has 0 radical (unpaired) electrons. The van der Waals surface area contributed by atoms with Crippen LogP contribution < -0.4 is 5.32 Å². The molecule has 0 aromatic heterocycles. The first kappa shape index (κ1) is 18.6. The molecule has 1 aromatic carbocycles. The van der Waals surface area contributed by atoms with Gasteiger partial charge in [-0.1, -0.05) is 31.0 Å². The summed E-state index contributed by atoms with van der Waals surface area (Å²) in [6.07, 6.45) is 2.01. The van der Waals surface area contributed by atoms with Crippen molar-refractivity contribution in [3.8, 4) is 0 Å². The Bertz CT molecular complexity index is 488. The highest BCUT2D eigenvalue weighted by Gasteiger charge is 2.22. The minimum absolute atomic E-state index is 0.0248. The number of aryl methyl sites for hydroxylation is 1. The Morgan fingerprint density at radius 3 is 2.45 bits per heavy atom. The molecule has 0 aliphatic carbocycles. The lowest BCUT2D eigenvalue weighted by Gasteiger charge is -2.24. The van der Waals surface area contributed by atoms with Gasteiger partial charge in [0.2, 0.25) is 11.8 Å². The van der Waals surface area contributed by atoms with Gasteiger partial charge in [0.25, 0.3) is 0 Å². The lowest BCUT2D eigenvalue weighted by molar-refractivity contribution is -0.134. The number of nitrogens with zero attached hydrogens (tertiary/aromatic N) is 1. The predicted molar refractivity (Wildman–Crippen MR) is 92.1 cm³/mol. The molecule has 1 N–H and O–H groups in total. The number of unbranched alkanes of at least 4 members (excludes halogenated alkanes) is 1. The zero-order valence-corrected chi connectivity index (χ0v) is 14.7. The van der Waals surface area contributed by atoms with Crippen molar-refractivity contribution in [2.75, 3.05) is 19.3 Å². The van der Waals surface area contributed by atoms with E-state index in [1.807, 2.05) is 31.2 Å². The number of carbonyl (C=O) groups excluding carboxylic acids is 2. The second-order valence-electron chi connectivity index (χ2n) is 5.49. The Kier molecular flexibility index (Phi) is 8.02. The number of thioether (sulfide) groups is 1. The summed E-state index contributed by atoms with van der Waals surface area (Å²) < 4.78 is 0. The van der Waals surface area contributed by atoms with E-state index in [4.69, 9.17) is 0 Å². The second-order valence-corrected chi connectivity index (χ2v) is 6.58. The van der Waals surface area contributed by atoms with Gasteiger partial charge in [-0.15, -0.1) is 11.8 Å². The third-order valence-corrected chi connectivity index (χ3v) is 4.44. The number of hydrogen-bond acceptors (Lipinski definition) is 3. The highest BCUT2D eigenvalue weighted by molar-refractivity contribution is 7.99. The van der Waals surface area contributed by atoms with Crippen LogP contribution in [0.15, 0.2) is 29.2 Å². The molecule has 122 valence electrons. The maximum absolute atomic E-state index is 12.5. The molecule has 0 heterocycles. The molecule has 0 fully saturated rings. The standard InChI is InChI=1S/C17H26N2O2S/c1-5-6-11-19(4)17(21)16(18-14(3)20)12-22-15-9-7-13(2)8-10-15/h7-10,16H,5-6,11-12H2,1-4H3,(H,18,20). The van der Waals surface area contributed by atoms with Crippen LogP contribution in [-0.2, 0) is 9.59 Å². The number of rotatable bonds is 8. The van der Waals surface area contributed by atoms with Gasteiger partial charge in [0.15, 0.2) is 0 Å². The molecule has 2 amide bonds. The van der Waals surface area contributed by atoms with Crippen molar-refractivity contribution in [1.29, 1.82) is 0 Å². The lowest BCUT2D eigenvalue weighted by atomic mass is 10.2. The maximum atomic E-state index is 12.5. The Morgan fingerprint density at radius 2 is 1.91 bits per heavy atom. The van der Waals surface area contributed by atoms with Crippen LogP contribution in [0.4, 0.5) is 0 Å². The molecule has 0 aliphatic rings. The van der Waals surface area contributed by atoms with Crippen molar-refractivity contribution < 1.29 is 9.59 Å². The molecule has 1 unspecified atom stereocenters. The maximum Gasteiger partial charge on any atom is 0.245 e. The van der Waals surface area contributed by atoms with Gasteiger partial charge in [-0.05, 0) is 25.5 Å². The molecule has 0 bridgehead atoms. The third kappa shape index (κ3) is 6.52. The van der Waals surface area contributed by atoms with E-state index in [0.29, 0.717) is 5.75 Å². The highest BCUT2D eigenvalue weighted by Crippen LogP contribution is 2.19. The van der Waals surface area contributed by atoms with Crippen LogP contribution in [0.5, 0.6) is 0 Å². The molecule has 1 atom stereocenters. The first-order valence-corrected chi connectivity index (χ1v) is 8.64. The highest BCUT2D eigenvalue weighted by atomic mass is 32.2. The van der Waals surface area contributed by atoms with E-state index in [-0.39, 0.29) is 11.8 Å². The fraction of sp³-hybridized carbons (Fsp3) is 0.529. The number of nitrogens with one attached hydrogen (secondary N) is 1. The second kappa shape index (κ2) is 9.51. The van der Waals surface area contributed by atoms with E-state index in [1.165, 1.54) is 12.5 Å². The summed E-state index contributed by atoms with van der Waals surface area (Å²) in [6.45, 7) is 6.31. The average molecular weight is 322 g/mol. The van der Waals surface area contributed by atoms with Crippen LogP contribution in [0.2, 0.25) is 0 Å². The van der Waals surface area contributed by atoms with E-state index in [9.17, 15) is 9.59 Å². The number of amides is 2. The van der Waals surface area contributed by atoms with Gasteiger partial charge < -0.3 is 10.2 Å². The molecule has 0 aliphatic heterocycles. The van der Waals surface area contributed by atoms with Crippen LogP contribution in [-0.4, -0.2) is 42.1 Å². The molecule has 1 rings (SSSR count). The smallest absolute Gasteiger partial charge is 0.245 e. The Morgan fingerprint density at radius 1 is 1.27 bits per heavy atom. The van der Waals surface area contributed by atoms with Crippen molar-refractivity contribution in [2.45, 2.75) is 44.6 Å². The number of likely N-dealkylation sites (N-methyl/N-ethyl adjacent to an activating group) is 1. The van der Waals surface area contributed by atoms with E-state index in [2.05, 4.69) is 12.2 Å². The average Bonchev–Trinajstić information content (AvgIpc) is 2.49. The van der Waals surface area contributed by atoms with Gasteiger partial charge >= 0.3 is 0 Å². The monoisotopic (exact) mass is 322 g/mol. The lowest BCUT2D eigenvalue weighted by Crippen LogP contribution is -2.48. The largest absolute Gasteiger partial charge is 0.344 e. The zero-order chi connectivity index (χ0) is 16.5. The quantitative estimate of drug-likeness (QED) is 0.749. The van der Waals surface area contributed by atoms with Crippen LogP contribution in [0, 0.1) is 6.92 Å². The van der Waals surface area contributed by atoms with Gasteiger partial charge in [-0.2, -0.15) is 0 Å². The SMILES string of the molecule is CCCCN(C)C(=O)C(CSc1ccc(C)cc1)NC(C)=O. The van der Waals surface area contributed by atoms with Crippen LogP contribution in [0.1, 0.15) is 32.3 Å². The fourth-order valence-corrected chi connectivity index (χ4v) is 2.92. The molecular formula is C17H26N2O2S. The van der Waals surface area contributed by atoms with Crippen molar-refractivity contribution in [3.63, 3.8) is 0 Å². The van der Waals surface area contributed by atoms with Gasteiger partial charge in [-0.3, -0.25) is 9.59 Å². The Balaban J connectivity index is 2.65. The van der Waals surface area contributed by atoms with E-state index < -0.39 is 6.04 Å². The molecule has 1 aromatic rings. The van der Waals surface area contributed by atoms with E-state index in [1.54, 1.807) is 23.7 Å². The van der Waals surface area contributed by atoms with E-state index >= 15 is 0 Å². The molecular weight excluding hydrogens is 296 g/mol. The Hall–Kier alpha value is -1.49. The molecule has 0 saturated carbocycles. The minimum Gasteiger partial charge on any atom is -0.344 e. The molecule has 4 nitrogen and oxygen atoms in total. The van der Waals surface area contributed by atoms with Crippen molar-refractivity contribution in [1.82, 2.24) is 10.2 Å². The summed E-state index contributed by atoms with van der Waals surface area (Å²) in [6, 6.07) is 7.69. The predicted octanol–water partition coefficient (Wildman–Crippen LogP) is 2.85. The first-order valence-electron chi connectivity index (χ1n) is 7.65. The summed E-state index contributed by atoms with van der Waals surface area (Å²) in [5, 5.41) is 2.77. The van der Waals surface area contributed by atoms with Crippen LogP contribution >= 0.6 is 11.8 Å². The summed E-state index contributed by atoms with van der Waals surface area (Å²) in [5.41, 5.74) is 1.21. The van der Waals surface area contributed by atoms with Gasteiger partial charge in [0.1, 0.15) is 6.04 Å². The van der Waals surface area contributed by atoms with Crippen LogP contribution in [0.3, 0.4) is 0 Å². The molecule has 22 heavy (non-hydrogen) atoms. The first-order chi connectivity index (χ1) is 10.4. The number of benzene rings is 1. The number of hydrogen-bond donors (Lipinski definition) is 1. The van der Waals surface area contributed by atoms with E-state index in [0.717, 1.165) is 24.3 Å². The van der Waals surface area contributed by atoms with Crippen molar-refractivity contribution >= 4 is 23.6 Å². The topological polar surface area (TPSA) is 49.4 Å². The molecule has 0 spiro atoms. The van der Waals surface area contributed by atoms with Crippen molar-refractivity contribution in [3.05, 3.63) is 29.8 Å². The minimum atomic E-state index is -0.481. The van der Waals surface area contributed by atoms with Gasteiger partial charge in [0.05, 0.1) is 0 Å². The van der Waals surface area contributed by atoms with Crippen LogP contribution in [0.25, 0.3) is 0 Å². The van der Waals surface area contributed by atoms with Gasteiger partial charge in [-0.25, -0.2) is 0 Å². The summed E-state index contributed by atoms with van der Waals surface area (Å²) in [4.78, 5) is 26.6. The summed E-state index contributed by atoms with van der Waals surface area (Å²) in [5.74, 6) is 0.341. The summed E-state index contributed by atoms with van der Waals surface area (Å²) in [7, 11) is 1.79. The Labute approximate surface area is 137 Å². The molecule has 0 saturated heterocycles. The molecule has 5 heteroatoms. The summed E-state index contributed by atoms with van der Waals surface area (Å²) >= 11 is 1.59. The fourth-order valence-electron chi connectivity index (χ4n) is 2.01. The number of carbonyl (C=O) groups is 2. The van der Waals surface area contributed by atoms with Gasteiger partial charge in [0, 0.05) is 31.2 Å². The normalized spacial score (nSPS) is 11.8. The van der Waals surface area contributed by atoms with Crippen molar-refractivity contribution in [2.24, 2.45) is 0 Å². The third-order valence-electron chi connectivity index (χ3n) is 3.34.